The van der Waals surface area contributed by atoms with E-state index in [1.54, 1.807) is 12.1 Å². The zero-order chi connectivity index (χ0) is 12.9. The van der Waals surface area contributed by atoms with Crippen molar-refractivity contribution >= 4 is 27.0 Å². The smallest absolute Gasteiger partial charge is 0.261 e. The van der Waals surface area contributed by atoms with E-state index in [1.165, 1.54) is 18.2 Å². The molecule has 0 saturated heterocycles. The summed E-state index contributed by atoms with van der Waals surface area (Å²) in [5, 5.41) is -0.606. The van der Waals surface area contributed by atoms with Crippen LogP contribution in [0.3, 0.4) is 0 Å². The van der Waals surface area contributed by atoms with E-state index in [1.807, 2.05) is 11.6 Å². The molecule has 92 valence electrons. The normalized spacial score (nSPS) is 10.9. The van der Waals surface area contributed by atoms with Crippen LogP contribution in [0.5, 0.6) is 0 Å². The lowest BCUT2D eigenvalue weighted by molar-refractivity contribution is 0.265. The molecule has 0 atom stereocenters. The average molecular weight is 271 g/mol. The Hall–Kier alpha value is -1.27. The van der Waals surface area contributed by atoms with E-state index in [-0.39, 0.29) is 4.90 Å². The maximum Gasteiger partial charge on any atom is 0.293 e. The van der Waals surface area contributed by atoms with Gasteiger partial charge in [0.2, 0.25) is 0 Å². The molecule has 0 bridgehead atoms. The van der Waals surface area contributed by atoms with E-state index in [4.69, 9.17) is 0 Å². The van der Waals surface area contributed by atoms with Crippen molar-refractivity contribution in [2.75, 3.05) is 5.75 Å². The van der Waals surface area contributed by atoms with Crippen LogP contribution in [0.4, 0.5) is 4.79 Å². The summed E-state index contributed by atoms with van der Waals surface area (Å²) in [5.74, 6) is 0.370. The molecule has 0 aromatic heterocycles. The van der Waals surface area contributed by atoms with E-state index in [0.717, 1.165) is 17.3 Å². The summed E-state index contributed by atoms with van der Waals surface area (Å²) >= 11 is 0.854. The Morgan fingerprint density at radius 2 is 2.00 bits per heavy atom. The molecule has 4 nitrogen and oxygen atoms in total. The van der Waals surface area contributed by atoms with Crippen molar-refractivity contribution in [3.8, 4) is 0 Å². The average Bonchev–Trinajstić information content (AvgIpc) is 2.26. The Labute approximate surface area is 105 Å². The molecule has 0 spiro atoms. The van der Waals surface area contributed by atoms with Gasteiger partial charge < -0.3 is 0 Å². The molecular weight excluding hydrogens is 258 g/mol. The fraction of sp³-hybridized carbons (Fsp3) is 0.182. The predicted molar refractivity (Wildman–Crippen MR) is 69.6 cm³/mol. The van der Waals surface area contributed by atoms with Gasteiger partial charge in [-0.3, -0.25) is 4.79 Å². The maximum absolute atomic E-state index is 11.7. The second-order valence-corrected chi connectivity index (χ2v) is 5.98. The number of benzene rings is 1. The zero-order valence-corrected chi connectivity index (χ0v) is 11.0. The Bertz CT molecular complexity index is 506. The number of carbonyl (C=O) groups is 1. The number of amides is 1. The van der Waals surface area contributed by atoms with Gasteiger partial charge in [0, 0.05) is 5.75 Å². The monoisotopic (exact) mass is 271 g/mol. The number of hydrogen-bond donors (Lipinski definition) is 1. The summed E-state index contributed by atoms with van der Waals surface area (Å²) in [7, 11) is -3.76. The summed E-state index contributed by atoms with van der Waals surface area (Å²) in [5.41, 5.74) is 0.955. The van der Waals surface area contributed by atoms with Gasteiger partial charge in [0.05, 0.1) is 4.90 Å². The van der Waals surface area contributed by atoms with Crippen LogP contribution in [-0.2, 0) is 10.0 Å². The number of rotatable bonds is 4. The lowest BCUT2D eigenvalue weighted by Crippen LogP contribution is -2.27. The van der Waals surface area contributed by atoms with Gasteiger partial charge >= 0.3 is 0 Å². The van der Waals surface area contributed by atoms with Gasteiger partial charge in [-0.05, 0) is 19.1 Å². The molecule has 0 aliphatic rings. The van der Waals surface area contributed by atoms with Crippen LogP contribution in [0.1, 0.15) is 5.56 Å². The fourth-order valence-electron chi connectivity index (χ4n) is 1.05. The van der Waals surface area contributed by atoms with Crippen molar-refractivity contribution in [1.29, 1.82) is 0 Å². The molecule has 0 aliphatic heterocycles. The van der Waals surface area contributed by atoms with Crippen LogP contribution < -0.4 is 4.72 Å². The molecule has 0 unspecified atom stereocenters. The molecule has 0 radical (unpaired) electrons. The summed E-state index contributed by atoms with van der Waals surface area (Å²) < 4.78 is 25.5. The minimum Gasteiger partial charge on any atom is -0.261 e. The van der Waals surface area contributed by atoms with Crippen molar-refractivity contribution in [2.45, 2.75) is 11.8 Å². The summed E-state index contributed by atoms with van der Waals surface area (Å²) in [6.45, 7) is 5.30. The Balaban J connectivity index is 2.78. The van der Waals surface area contributed by atoms with Gasteiger partial charge in [-0.1, -0.05) is 35.5 Å². The van der Waals surface area contributed by atoms with Crippen LogP contribution in [-0.4, -0.2) is 19.4 Å². The van der Waals surface area contributed by atoms with Gasteiger partial charge in [0.25, 0.3) is 15.3 Å². The molecule has 6 heteroatoms. The minimum absolute atomic E-state index is 0.0793. The summed E-state index contributed by atoms with van der Waals surface area (Å²) in [6, 6.07) is 6.28. The quantitative estimate of drug-likeness (QED) is 0.854. The first kappa shape index (κ1) is 13.8. The van der Waals surface area contributed by atoms with E-state index in [9.17, 15) is 13.2 Å². The summed E-state index contributed by atoms with van der Waals surface area (Å²) in [6.07, 6.45) is 1.53. The molecule has 0 fully saturated rings. The van der Waals surface area contributed by atoms with Crippen LogP contribution in [0.2, 0.25) is 0 Å². The molecule has 0 saturated carbocycles. The Kier molecular flexibility index (Phi) is 4.77. The third-order valence-corrected chi connectivity index (χ3v) is 4.12. The first-order chi connectivity index (χ1) is 7.95. The first-order valence-electron chi connectivity index (χ1n) is 4.83. The molecule has 1 aromatic rings. The largest absolute Gasteiger partial charge is 0.293 e. The molecule has 1 N–H and O–H groups in total. The highest BCUT2D eigenvalue weighted by atomic mass is 32.2. The third-order valence-electron chi connectivity index (χ3n) is 1.88. The van der Waals surface area contributed by atoms with Crippen LogP contribution in [0.15, 0.2) is 41.8 Å². The Morgan fingerprint density at radius 3 is 2.53 bits per heavy atom. The highest BCUT2D eigenvalue weighted by Gasteiger charge is 2.16. The Morgan fingerprint density at radius 1 is 1.41 bits per heavy atom. The van der Waals surface area contributed by atoms with Crippen LogP contribution in [0.25, 0.3) is 0 Å². The van der Waals surface area contributed by atoms with Crippen molar-refractivity contribution in [2.24, 2.45) is 0 Å². The van der Waals surface area contributed by atoms with E-state index in [0.29, 0.717) is 5.75 Å². The number of nitrogens with one attached hydrogen (secondary N) is 1. The van der Waals surface area contributed by atoms with Crippen LogP contribution >= 0.6 is 11.8 Å². The standard InChI is InChI=1S/C11H13NO3S2/c1-3-8-16-11(13)12-17(14,15)10-6-4-9(2)5-7-10/h3-7H,1,8H2,2H3,(H,12,13). The van der Waals surface area contributed by atoms with Crippen molar-refractivity contribution in [1.82, 2.24) is 4.72 Å². The topological polar surface area (TPSA) is 63.2 Å². The second-order valence-electron chi connectivity index (χ2n) is 3.31. The molecule has 1 aromatic carbocycles. The lowest BCUT2D eigenvalue weighted by atomic mass is 10.2. The third kappa shape index (κ3) is 4.24. The second kappa shape index (κ2) is 5.88. The lowest BCUT2D eigenvalue weighted by Gasteiger charge is -2.05. The molecule has 0 heterocycles. The zero-order valence-electron chi connectivity index (χ0n) is 9.34. The van der Waals surface area contributed by atoms with Crippen molar-refractivity contribution < 1.29 is 13.2 Å². The first-order valence-corrected chi connectivity index (χ1v) is 7.30. The highest BCUT2D eigenvalue weighted by molar-refractivity contribution is 8.14. The van der Waals surface area contributed by atoms with E-state index >= 15 is 0 Å². The molecule has 17 heavy (non-hydrogen) atoms. The predicted octanol–water partition coefficient (Wildman–Crippen LogP) is 2.31. The van der Waals surface area contributed by atoms with Gasteiger partial charge in [-0.15, -0.1) is 6.58 Å². The van der Waals surface area contributed by atoms with Gasteiger partial charge in [-0.2, -0.15) is 0 Å². The van der Waals surface area contributed by atoms with Gasteiger partial charge in [-0.25, -0.2) is 13.1 Å². The van der Waals surface area contributed by atoms with Gasteiger partial charge in [0.15, 0.2) is 0 Å². The van der Waals surface area contributed by atoms with Crippen molar-refractivity contribution in [3.05, 3.63) is 42.5 Å². The van der Waals surface area contributed by atoms with E-state index in [2.05, 4.69) is 6.58 Å². The van der Waals surface area contributed by atoms with Crippen molar-refractivity contribution in [3.63, 3.8) is 0 Å². The maximum atomic E-state index is 11.7. The fourth-order valence-corrected chi connectivity index (χ4v) is 2.72. The number of sulfonamides is 1. The molecular formula is C11H13NO3S2. The number of aryl methyl sites for hydroxylation is 1. The molecule has 1 rings (SSSR count). The minimum atomic E-state index is -3.76. The molecule has 1 amide bonds. The number of carbonyl (C=O) groups excluding carboxylic acids is 1. The van der Waals surface area contributed by atoms with E-state index < -0.39 is 15.3 Å². The number of hydrogen-bond acceptors (Lipinski definition) is 4. The number of thioether (sulfide) groups is 1. The summed E-state index contributed by atoms with van der Waals surface area (Å²) in [4.78, 5) is 11.4. The SMILES string of the molecule is C=CCSC(=O)NS(=O)(=O)c1ccc(C)cc1. The van der Waals surface area contributed by atoms with Crippen LogP contribution in [0, 0.1) is 6.92 Å². The molecule has 0 aliphatic carbocycles. The highest BCUT2D eigenvalue weighted by Crippen LogP contribution is 2.11. The van der Waals surface area contributed by atoms with Gasteiger partial charge in [0.1, 0.15) is 0 Å².